The molecule has 0 spiro atoms. The lowest BCUT2D eigenvalue weighted by molar-refractivity contribution is -0.115. The van der Waals surface area contributed by atoms with Crippen LogP contribution in [0.2, 0.25) is 0 Å². The number of hydrogen-bond donors (Lipinski definition) is 2. The van der Waals surface area contributed by atoms with Gasteiger partial charge in [-0.3, -0.25) is 9.59 Å². The van der Waals surface area contributed by atoms with Crippen molar-refractivity contribution in [3.05, 3.63) is 123 Å². The number of nitrogens with one attached hydrogen (secondary N) is 2. The fourth-order valence-corrected chi connectivity index (χ4v) is 4.77. The van der Waals surface area contributed by atoms with Gasteiger partial charge in [-0.15, -0.1) is 11.8 Å². The Kier molecular flexibility index (Phi) is 8.03. The Hall–Kier alpha value is -3.10. The first-order chi connectivity index (χ1) is 16.5. The van der Waals surface area contributed by atoms with Gasteiger partial charge < -0.3 is 10.6 Å². The molecule has 2 amide bonds. The number of anilines is 2. The number of carbonyl (C=O) groups is 2. The van der Waals surface area contributed by atoms with Crippen LogP contribution in [0, 0.1) is 10.5 Å². The van der Waals surface area contributed by atoms with E-state index in [1.165, 1.54) is 11.8 Å². The number of carbonyl (C=O) groups excluding carboxylic acids is 2. The molecule has 4 nitrogen and oxygen atoms in total. The van der Waals surface area contributed by atoms with E-state index in [9.17, 15) is 9.59 Å². The summed E-state index contributed by atoms with van der Waals surface area (Å²) >= 11 is 3.71. The van der Waals surface area contributed by atoms with Crippen molar-refractivity contribution in [2.45, 2.75) is 17.1 Å². The van der Waals surface area contributed by atoms with Gasteiger partial charge in [-0.1, -0.05) is 48.0 Å². The number of halogens is 1. The Morgan fingerprint density at radius 1 is 0.765 bits per heavy atom. The molecule has 0 radical (unpaired) electrons. The number of aryl methyl sites for hydroxylation is 1. The van der Waals surface area contributed by atoms with Crippen molar-refractivity contribution in [3.8, 4) is 0 Å². The molecule has 2 N–H and O–H groups in total. The molecule has 0 fully saturated rings. The number of hydrogen-bond acceptors (Lipinski definition) is 3. The lowest BCUT2D eigenvalue weighted by Gasteiger charge is -2.17. The summed E-state index contributed by atoms with van der Waals surface area (Å²) in [5.74, 6) is -0.239. The second-order valence-corrected chi connectivity index (χ2v) is 10.2. The molecule has 1 unspecified atom stereocenters. The molecule has 0 aliphatic rings. The van der Waals surface area contributed by atoms with E-state index in [4.69, 9.17) is 0 Å². The van der Waals surface area contributed by atoms with Gasteiger partial charge in [0, 0.05) is 25.4 Å². The Bertz CT molecular complexity index is 1280. The maximum atomic E-state index is 13.2. The van der Waals surface area contributed by atoms with Gasteiger partial charge in [0.2, 0.25) is 5.91 Å². The van der Waals surface area contributed by atoms with Gasteiger partial charge >= 0.3 is 0 Å². The summed E-state index contributed by atoms with van der Waals surface area (Å²) in [7, 11) is 0. The quantitative estimate of drug-likeness (QED) is 0.179. The third-order valence-electron chi connectivity index (χ3n) is 5.10. The van der Waals surface area contributed by atoms with Crippen molar-refractivity contribution in [1.82, 2.24) is 0 Å². The van der Waals surface area contributed by atoms with E-state index >= 15 is 0 Å². The lowest BCUT2D eigenvalue weighted by atomic mass is 10.1. The van der Waals surface area contributed by atoms with Crippen molar-refractivity contribution < 1.29 is 9.59 Å². The smallest absolute Gasteiger partial charge is 0.255 e. The predicted molar refractivity (Wildman–Crippen MR) is 148 cm³/mol. The molecule has 0 aliphatic heterocycles. The summed E-state index contributed by atoms with van der Waals surface area (Å²) in [6, 6.07) is 32.5. The van der Waals surface area contributed by atoms with Crippen LogP contribution in [0.15, 0.2) is 108 Å². The van der Waals surface area contributed by atoms with Gasteiger partial charge in [-0.05, 0) is 95.7 Å². The molecule has 0 heterocycles. The van der Waals surface area contributed by atoms with Gasteiger partial charge in [0.15, 0.2) is 0 Å². The van der Waals surface area contributed by atoms with Crippen LogP contribution in [0.1, 0.15) is 26.7 Å². The highest BCUT2D eigenvalue weighted by Gasteiger charge is 2.22. The lowest BCUT2D eigenvalue weighted by Crippen LogP contribution is -2.19. The van der Waals surface area contributed by atoms with E-state index in [1.54, 1.807) is 6.07 Å². The molecule has 0 bridgehead atoms. The molecule has 170 valence electrons. The zero-order valence-corrected chi connectivity index (χ0v) is 21.5. The first-order valence-electron chi connectivity index (χ1n) is 10.7. The van der Waals surface area contributed by atoms with Crippen LogP contribution in [0.5, 0.6) is 0 Å². The van der Waals surface area contributed by atoms with E-state index in [1.807, 2.05) is 104 Å². The average Bonchev–Trinajstić information content (AvgIpc) is 2.85. The van der Waals surface area contributed by atoms with Crippen molar-refractivity contribution in [3.63, 3.8) is 0 Å². The Morgan fingerprint density at radius 2 is 1.41 bits per heavy atom. The standard InChI is InChI=1S/C28H23IN2O2S/c1-19-6-5-9-21(18-19)27(32)30-24-14-16-25(17-15-24)34-26(20-7-3-2-4-8-20)28(33)31-23-12-10-22(29)11-13-23/h2-18,26H,1H3,(H,30,32)(H,31,33). The molecule has 34 heavy (non-hydrogen) atoms. The van der Waals surface area contributed by atoms with Crippen molar-refractivity contribution in [2.75, 3.05) is 10.6 Å². The molecular weight excluding hydrogens is 555 g/mol. The van der Waals surface area contributed by atoms with Gasteiger partial charge in [-0.25, -0.2) is 0 Å². The highest BCUT2D eigenvalue weighted by atomic mass is 127. The SMILES string of the molecule is Cc1cccc(C(=O)Nc2ccc(SC(C(=O)Nc3ccc(I)cc3)c3ccccc3)cc2)c1. The molecule has 0 saturated carbocycles. The zero-order chi connectivity index (χ0) is 23.9. The summed E-state index contributed by atoms with van der Waals surface area (Å²) in [4.78, 5) is 26.7. The number of rotatable bonds is 7. The van der Waals surface area contributed by atoms with Crippen LogP contribution in [-0.4, -0.2) is 11.8 Å². The van der Waals surface area contributed by atoms with Crippen LogP contribution < -0.4 is 10.6 Å². The fraction of sp³-hybridized carbons (Fsp3) is 0.0714. The van der Waals surface area contributed by atoms with E-state index in [0.717, 1.165) is 25.3 Å². The minimum absolute atomic E-state index is 0.0887. The molecular formula is C28H23IN2O2S. The monoisotopic (exact) mass is 578 g/mol. The summed E-state index contributed by atoms with van der Waals surface area (Å²) in [6.07, 6.45) is 0. The van der Waals surface area contributed by atoms with E-state index in [0.29, 0.717) is 11.3 Å². The van der Waals surface area contributed by atoms with Crippen LogP contribution in [-0.2, 0) is 4.79 Å². The second-order valence-electron chi connectivity index (χ2n) is 7.75. The minimum atomic E-state index is -0.423. The Morgan fingerprint density at radius 3 is 2.09 bits per heavy atom. The van der Waals surface area contributed by atoms with E-state index in [2.05, 4.69) is 33.2 Å². The normalized spacial score (nSPS) is 11.5. The van der Waals surface area contributed by atoms with Crippen LogP contribution >= 0.6 is 34.4 Å². The molecule has 0 aliphatic carbocycles. The second kappa shape index (κ2) is 11.4. The zero-order valence-electron chi connectivity index (χ0n) is 18.5. The number of benzene rings is 4. The molecule has 1 atom stereocenters. The molecule has 4 aromatic rings. The van der Waals surface area contributed by atoms with Gasteiger partial charge in [-0.2, -0.15) is 0 Å². The molecule has 0 saturated heterocycles. The first kappa shape index (κ1) is 24.0. The fourth-order valence-electron chi connectivity index (χ4n) is 3.38. The molecule has 0 aromatic heterocycles. The topological polar surface area (TPSA) is 58.2 Å². The third kappa shape index (κ3) is 6.48. The first-order valence-corrected chi connectivity index (χ1v) is 12.7. The Balaban J connectivity index is 1.48. The molecule has 4 aromatic carbocycles. The largest absolute Gasteiger partial charge is 0.325 e. The van der Waals surface area contributed by atoms with E-state index in [-0.39, 0.29) is 11.8 Å². The summed E-state index contributed by atoms with van der Waals surface area (Å²) in [5.41, 5.74) is 4.05. The highest BCUT2D eigenvalue weighted by molar-refractivity contribution is 14.1. The summed E-state index contributed by atoms with van der Waals surface area (Å²) in [6.45, 7) is 1.96. The number of amides is 2. The molecule has 6 heteroatoms. The van der Waals surface area contributed by atoms with Gasteiger partial charge in [0.1, 0.15) is 5.25 Å². The molecule has 4 rings (SSSR count). The minimum Gasteiger partial charge on any atom is -0.325 e. The maximum Gasteiger partial charge on any atom is 0.255 e. The summed E-state index contributed by atoms with van der Waals surface area (Å²) in [5, 5.41) is 5.53. The van der Waals surface area contributed by atoms with Crippen LogP contribution in [0.25, 0.3) is 0 Å². The van der Waals surface area contributed by atoms with Gasteiger partial charge in [0.25, 0.3) is 5.91 Å². The summed E-state index contributed by atoms with van der Waals surface area (Å²) < 4.78 is 1.11. The third-order valence-corrected chi connectivity index (χ3v) is 7.08. The Labute approximate surface area is 217 Å². The van der Waals surface area contributed by atoms with Crippen molar-refractivity contribution >= 4 is 57.5 Å². The predicted octanol–water partition coefficient (Wildman–Crippen LogP) is 7.32. The van der Waals surface area contributed by atoms with Crippen molar-refractivity contribution in [1.29, 1.82) is 0 Å². The van der Waals surface area contributed by atoms with Crippen molar-refractivity contribution in [2.24, 2.45) is 0 Å². The number of thioether (sulfide) groups is 1. The van der Waals surface area contributed by atoms with Crippen LogP contribution in [0.4, 0.5) is 11.4 Å². The highest BCUT2D eigenvalue weighted by Crippen LogP contribution is 2.36. The van der Waals surface area contributed by atoms with Crippen LogP contribution in [0.3, 0.4) is 0 Å². The maximum absolute atomic E-state index is 13.2. The average molecular weight is 578 g/mol. The van der Waals surface area contributed by atoms with Gasteiger partial charge in [0.05, 0.1) is 0 Å². The van der Waals surface area contributed by atoms with E-state index < -0.39 is 5.25 Å².